The van der Waals surface area contributed by atoms with Gasteiger partial charge in [-0.2, -0.15) is 0 Å². The molecule has 11 nitrogen and oxygen atoms in total. The topological polar surface area (TPSA) is 187 Å². The summed E-state index contributed by atoms with van der Waals surface area (Å²) >= 11 is 0. The van der Waals surface area contributed by atoms with E-state index in [1.807, 2.05) is 0 Å². The summed E-state index contributed by atoms with van der Waals surface area (Å²) in [4.78, 5) is 21.2. The van der Waals surface area contributed by atoms with Gasteiger partial charge in [0.25, 0.3) is 11.6 Å². The van der Waals surface area contributed by atoms with Crippen molar-refractivity contribution in [3.8, 4) is 0 Å². The predicted octanol–water partition coefficient (Wildman–Crippen LogP) is -4.18. The quantitative estimate of drug-likeness (QED) is 0.158. The number of carbonyl (C=O) groups excluding carboxylic acids is 1. The van der Waals surface area contributed by atoms with E-state index in [2.05, 4.69) is 5.32 Å². The first-order valence-corrected chi connectivity index (χ1v) is 10.7. The van der Waals surface area contributed by atoms with Gasteiger partial charge in [0.2, 0.25) is 0 Å². The van der Waals surface area contributed by atoms with Gasteiger partial charge in [0.05, 0.1) is 20.4 Å². The number of rotatable bonds is 5. The Hall–Kier alpha value is -1.39. The number of amides is 1. The minimum atomic E-state index is -5.00. The van der Waals surface area contributed by atoms with E-state index in [-0.39, 0.29) is 86.8 Å². The first kappa shape index (κ1) is 28.6. The van der Waals surface area contributed by atoms with E-state index < -0.39 is 40.9 Å². The van der Waals surface area contributed by atoms with Gasteiger partial charge in [-0.3, -0.25) is 14.9 Å². The molecule has 0 atom stereocenters. The van der Waals surface area contributed by atoms with Crippen molar-refractivity contribution in [1.82, 2.24) is 0 Å². The van der Waals surface area contributed by atoms with Crippen molar-refractivity contribution in [2.45, 2.75) is 9.79 Å². The van der Waals surface area contributed by atoms with Gasteiger partial charge in [0.1, 0.15) is 20.2 Å². The zero-order chi connectivity index (χ0) is 22.3. The van der Waals surface area contributed by atoms with Crippen molar-refractivity contribution >= 4 is 48.3 Å². The molecule has 15 heteroatoms. The van der Waals surface area contributed by atoms with Gasteiger partial charge in [-0.1, -0.05) is 12.1 Å². The largest absolute Gasteiger partial charge is 1.00 e. The number of nitrogens with zero attached hydrogens (tertiary/aromatic N) is 1. The SMILES string of the molecule is O=C(Nc1cc(S(=O)(=O)[O-])cc2cc(S(=O)(=O)[O-])ccc12)c1cccc([N+](=O)[O-])c1.[Na+].[Na+]. The van der Waals surface area contributed by atoms with Crippen molar-refractivity contribution in [2.75, 3.05) is 5.32 Å². The average Bonchev–Trinajstić information content (AvgIpc) is 2.66. The molecule has 1 amide bonds. The number of anilines is 1. The average molecular weight is 496 g/mol. The fourth-order valence-electron chi connectivity index (χ4n) is 2.68. The maximum Gasteiger partial charge on any atom is 1.00 e. The smallest absolute Gasteiger partial charge is 0.744 e. The van der Waals surface area contributed by atoms with E-state index in [1.54, 1.807) is 0 Å². The van der Waals surface area contributed by atoms with Crippen LogP contribution in [0.5, 0.6) is 0 Å². The summed E-state index contributed by atoms with van der Waals surface area (Å²) in [7, 11) is -9.86. The van der Waals surface area contributed by atoms with Crippen molar-refractivity contribution in [3.63, 3.8) is 0 Å². The Balaban J connectivity index is 0.00000256. The number of nitro benzene ring substituents is 1. The first-order valence-electron chi connectivity index (χ1n) is 7.92. The normalized spacial score (nSPS) is 11.2. The Morgan fingerprint density at radius 2 is 1.44 bits per heavy atom. The second-order valence-corrected chi connectivity index (χ2v) is 8.78. The molecule has 0 aromatic heterocycles. The Morgan fingerprint density at radius 3 is 2.00 bits per heavy atom. The van der Waals surface area contributed by atoms with Crippen LogP contribution in [0.4, 0.5) is 11.4 Å². The van der Waals surface area contributed by atoms with E-state index in [0.29, 0.717) is 0 Å². The van der Waals surface area contributed by atoms with Crippen LogP contribution in [0.1, 0.15) is 10.4 Å². The standard InChI is InChI=1S/C17H12N2O9S2.2Na/c20-17(10-2-1-3-12(6-10)19(21)22)18-16-9-14(30(26,27)28)8-11-7-13(29(23,24)25)4-5-15(11)16;;/h1-9H,(H,18,20)(H,23,24,25)(H,26,27,28);;/q;2*+1/p-2. The van der Waals surface area contributed by atoms with E-state index >= 15 is 0 Å². The van der Waals surface area contributed by atoms with Crippen molar-refractivity contribution < 1.29 is 94.8 Å². The fraction of sp³-hybridized carbons (Fsp3) is 0. The van der Waals surface area contributed by atoms with Crippen LogP contribution in [0.2, 0.25) is 0 Å². The number of benzene rings is 3. The van der Waals surface area contributed by atoms with Crippen molar-refractivity contribution in [2.24, 2.45) is 0 Å². The molecule has 0 saturated heterocycles. The summed E-state index contributed by atoms with van der Waals surface area (Å²) in [6.45, 7) is 0. The molecule has 156 valence electrons. The Morgan fingerprint density at radius 1 is 0.844 bits per heavy atom. The van der Waals surface area contributed by atoms with Gasteiger partial charge in [0, 0.05) is 23.1 Å². The molecule has 3 aromatic rings. The molecule has 0 heterocycles. The van der Waals surface area contributed by atoms with Gasteiger partial charge in [-0.05, 0) is 35.7 Å². The van der Waals surface area contributed by atoms with Crippen LogP contribution in [0.3, 0.4) is 0 Å². The maximum atomic E-state index is 12.5. The number of fused-ring (bicyclic) bond motifs is 1. The fourth-order valence-corrected chi connectivity index (χ4v) is 3.72. The minimum absolute atomic E-state index is 0. The number of carbonyl (C=O) groups is 1. The summed E-state index contributed by atoms with van der Waals surface area (Å²) in [6.07, 6.45) is 0. The van der Waals surface area contributed by atoms with E-state index in [9.17, 15) is 40.8 Å². The van der Waals surface area contributed by atoms with Crippen LogP contribution >= 0.6 is 0 Å². The van der Waals surface area contributed by atoms with Crippen molar-refractivity contribution in [1.29, 1.82) is 0 Å². The van der Waals surface area contributed by atoms with E-state index in [0.717, 1.165) is 36.4 Å². The second kappa shape index (κ2) is 10.7. The molecule has 0 bridgehead atoms. The summed E-state index contributed by atoms with van der Waals surface area (Å²) in [5, 5.41) is 13.3. The zero-order valence-electron chi connectivity index (χ0n) is 16.6. The molecule has 0 aliphatic carbocycles. The Labute approximate surface area is 226 Å². The molecule has 0 saturated carbocycles. The maximum absolute atomic E-state index is 12.5. The number of non-ortho nitro benzene ring substituents is 1. The van der Waals surface area contributed by atoms with Crippen LogP contribution in [-0.2, 0) is 20.2 Å². The van der Waals surface area contributed by atoms with Crippen LogP contribution in [0.25, 0.3) is 10.8 Å². The van der Waals surface area contributed by atoms with Gasteiger partial charge in [0.15, 0.2) is 0 Å². The number of hydrogen-bond donors (Lipinski definition) is 1. The molecular weight excluding hydrogens is 486 g/mol. The zero-order valence-corrected chi connectivity index (χ0v) is 22.3. The molecule has 0 fully saturated rings. The number of nitro groups is 1. The molecule has 3 rings (SSSR count). The molecular formula is C17H10N2Na2O9S2. The molecule has 0 unspecified atom stereocenters. The van der Waals surface area contributed by atoms with Gasteiger partial charge in [-0.15, -0.1) is 0 Å². The van der Waals surface area contributed by atoms with E-state index in [4.69, 9.17) is 0 Å². The van der Waals surface area contributed by atoms with Crippen LogP contribution in [0, 0.1) is 10.1 Å². The molecule has 1 N–H and O–H groups in total. The van der Waals surface area contributed by atoms with Crippen LogP contribution in [0.15, 0.2) is 64.4 Å². The summed E-state index contributed by atoms with van der Waals surface area (Å²) < 4.78 is 68.1. The summed E-state index contributed by atoms with van der Waals surface area (Å²) in [5.74, 6) is -0.846. The van der Waals surface area contributed by atoms with E-state index in [1.165, 1.54) is 18.2 Å². The third kappa shape index (κ3) is 6.57. The number of nitrogens with one attached hydrogen (secondary N) is 1. The van der Waals surface area contributed by atoms with Crippen LogP contribution in [-0.4, -0.2) is 36.8 Å². The predicted molar refractivity (Wildman–Crippen MR) is 101 cm³/mol. The molecule has 32 heavy (non-hydrogen) atoms. The monoisotopic (exact) mass is 496 g/mol. The van der Waals surface area contributed by atoms with Gasteiger partial charge >= 0.3 is 59.1 Å². The molecule has 3 aromatic carbocycles. The second-order valence-electron chi connectivity index (χ2n) is 6.02. The van der Waals surface area contributed by atoms with Gasteiger partial charge < -0.3 is 14.4 Å². The molecule has 0 radical (unpaired) electrons. The van der Waals surface area contributed by atoms with Crippen molar-refractivity contribution in [3.05, 3.63) is 70.3 Å². The third-order valence-corrected chi connectivity index (χ3v) is 5.69. The third-order valence-electron chi connectivity index (χ3n) is 4.04. The molecule has 0 aliphatic rings. The summed E-state index contributed by atoms with van der Waals surface area (Å²) in [6, 6.07) is 9.44. The minimum Gasteiger partial charge on any atom is -0.744 e. The Bertz CT molecular complexity index is 1420. The molecule has 0 aliphatic heterocycles. The summed E-state index contributed by atoms with van der Waals surface area (Å²) in [5.41, 5.74) is -0.645. The first-order chi connectivity index (χ1) is 13.9. The molecule has 0 spiro atoms. The Kier molecular flexibility index (Phi) is 9.57. The van der Waals surface area contributed by atoms with Crippen LogP contribution < -0.4 is 64.4 Å². The number of hydrogen-bond acceptors (Lipinski definition) is 9. The van der Waals surface area contributed by atoms with Gasteiger partial charge in [-0.25, -0.2) is 16.8 Å².